The summed E-state index contributed by atoms with van der Waals surface area (Å²) in [5.41, 5.74) is -3.39. The van der Waals surface area contributed by atoms with Crippen LogP contribution in [0.3, 0.4) is 0 Å². The molecule has 0 aromatic rings. The van der Waals surface area contributed by atoms with Gasteiger partial charge in [-0.3, -0.25) is 14.4 Å². The number of halogens is 1. The van der Waals surface area contributed by atoms with E-state index in [1.165, 1.54) is 6.08 Å². The topological polar surface area (TPSA) is 89.9 Å². The number of aliphatic hydroxyl groups is 1. The first-order chi connectivity index (χ1) is 13.0. The van der Waals surface area contributed by atoms with Crippen LogP contribution < -0.4 is 0 Å². The molecule has 28 heavy (non-hydrogen) atoms. The second kappa shape index (κ2) is 8.05. The molecule has 1 aliphatic carbocycles. The van der Waals surface area contributed by atoms with Gasteiger partial charge in [0.2, 0.25) is 17.2 Å². The second-order valence-electron chi connectivity index (χ2n) is 7.34. The average molecular weight is 409 g/mol. The van der Waals surface area contributed by atoms with E-state index in [0.717, 1.165) is 25.8 Å². The zero-order chi connectivity index (χ0) is 21.3. The van der Waals surface area contributed by atoms with E-state index in [-0.39, 0.29) is 10.6 Å². The van der Waals surface area contributed by atoms with Crippen LogP contribution in [-0.4, -0.2) is 40.5 Å². The van der Waals surface area contributed by atoms with Crippen molar-refractivity contribution >= 4 is 29.1 Å². The maximum atomic E-state index is 12.8. The lowest BCUT2D eigenvalue weighted by Gasteiger charge is -2.41. The first-order valence-corrected chi connectivity index (χ1v) is 9.46. The molecule has 0 saturated heterocycles. The molecule has 0 spiro atoms. The largest absolute Gasteiger partial charge is 0.490 e. The van der Waals surface area contributed by atoms with E-state index in [4.69, 9.17) is 21.1 Å². The number of ether oxygens (including phenoxy) is 2. The Morgan fingerprint density at radius 3 is 2.64 bits per heavy atom. The van der Waals surface area contributed by atoms with Gasteiger partial charge in [-0.15, -0.1) is 0 Å². The van der Waals surface area contributed by atoms with Gasteiger partial charge < -0.3 is 14.6 Å². The molecule has 0 unspecified atom stereocenters. The van der Waals surface area contributed by atoms with Gasteiger partial charge in [-0.1, -0.05) is 49.6 Å². The van der Waals surface area contributed by atoms with E-state index < -0.39 is 35.3 Å². The van der Waals surface area contributed by atoms with Crippen molar-refractivity contribution in [2.45, 2.75) is 52.2 Å². The molecule has 0 saturated carbocycles. The first kappa shape index (κ1) is 22.1. The Morgan fingerprint density at radius 1 is 1.43 bits per heavy atom. The van der Waals surface area contributed by atoms with Crippen molar-refractivity contribution < 1.29 is 29.0 Å². The minimum Gasteiger partial charge on any atom is -0.490 e. The summed E-state index contributed by atoms with van der Waals surface area (Å²) in [7, 11) is 0. The van der Waals surface area contributed by atoms with Crippen LogP contribution in [0.4, 0.5) is 0 Å². The summed E-state index contributed by atoms with van der Waals surface area (Å²) in [5, 5.41) is 10.5. The maximum absolute atomic E-state index is 12.8. The second-order valence-corrected chi connectivity index (χ2v) is 7.72. The molecule has 6 nitrogen and oxygen atoms in total. The molecule has 152 valence electrons. The van der Waals surface area contributed by atoms with Crippen molar-refractivity contribution in [1.82, 2.24) is 0 Å². The quantitative estimate of drug-likeness (QED) is 0.427. The Morgan fingerprint density at radius 2 is 2.07 bits per heavy atom. The van der Waals surface area contributed by atoms with Crippen LogP contribution >= 0.6 is 11.6 Å². The van der Waals surface area contributed by atoms with E-state index in [0.29, 0.717) is 11.7 Å². The van der Waals surface area contributed by atoms with Gasteiger partial charge in [0.25, 0.3) is 0 Å². The summed E-state index contributed by atoms with van der Waals surface area (Å²) in [6.45, 7) is 7.91. The standard InChI is InChI=1S/C21H25ClO6/c1-6-12(2)9-13(3)7-8-15-10-16-17(22)18(24)20(5,28-14(4)23)19(25)21(16,26)11-27-15/h7-10,12,26H,6,11H2,1-5H3/b8-7+,13-9+/t12-,20+,21+/m0/s1. The number of allylic oxidation sites excluding steroid dienone is 4. The number of Topliss-reactive ketones (excluding diaryl/α,β-unsaturated/α-hetero) is 2. The highest BCUT2D eigenvalue weighted by Crippen LogP contribution is 2.42. The third kappa shape index (κ3) is 3.98. The van der Waals surface area contributed by atoms with Crippen molar-refractivity contribution in [2.75, 3.05) is 6.61 Å². The van der Waals surface area contributed by atoms with Crippen LogP contribution in [-0.2, 0) is 23.9 Å². The number of ketones is 2. The van der Waals surface area contributed by atoms with Gasteiger partial charge in [-0.25, -0.2) is 0 Å². The van der Waals surface area contributed by atoms with Gasteiger partial charge in [0.05, 0.1) is 5.03 Å². The minimum atomic E-state index is -2.19. The number of hydrogen-bond donors (Lipinski definition) is 1. The van der Waals surface area contributed by atoms with Gasteiger partial charge in [-0.05, 0) is 31.9 Å². The van der Waals surface area contributed by atoms with E-state index >= 15 is 0 Å². The normalized spacial score (nSPS) is 29.4. The molecule has 3 atom stereocenters. The summed E-state index contributed by atoms with van der Waals surface area (Å²) in [6.07, 6.45) is 8.01. The minimum absolute atomic E-state index is 0.0525. The van der Waals surface area contributed by atoms with Crippen LogP contribution in [0.2, 0.25) is 0 Å². The van der Waals surface area contributed by atoms with Crippen molar-refractivity contribution in [1.29, 1.82) is 0 Å². The fourth-order valence-corrected chi connectivity index (χ4v) is 3.53. The lowest BCUT2D eigenvalue weighted by Crippen LogP contribution is -2.64. The first-order valence-electron chi connectivity index (χ1n) is 9.08. The summed E-state index contributed by atoms with van der Waals surface area (Å²) in [6, 6.07) is 0. The van der Waals surface area contributed by atoms with E-state index in [1.807, 2.05) is 13.0 Å². The third-order valence-electron chi connectivity index (χ3n) is 4.91. The molecule has 1 N–H and O–H groups in total. The smallest absolute Gasteiger partial charge is 0.304 e. The van der Waals surface area contributed by atoms with E-state index in [1.54, 1.807) is 6.08 Å². The van der Waals surface area contributed by atoms with E-state index in [9.17, 15) is 19.5 Å². The molecule has 1 heterocycles. The van der Waals surface area contributed by atoms with Crippen molar-refractivity contribution in [3.05, 3.63) is 46.2 Å². The van der Waals surface area contributed by atoms with Crippen LogP contribution in [0.25, 0.3) is 0 Å². The zero-order valence-electron chi connectivity index (χ0n) is 16.7. The highest BCUT2D eigenvalue weighted by atomic mass is 35.5. The van der Waals surface area contributed by atoms with Crippen molar-refractivity contribution in [3.8, 4) is 0 Å². The number of rotatable bonds is 5. The predicted molar refractivity (Wildman–Crippen MR) is 104 cm³/mol. The molecule has 1 aliphatic heterocycles. The van der Waals surface area contributed by atoms with Crippen molar-refractivity contribution in [3.63, 3.8) is 0 Å². The summed E-state index contributed by atoms with van der Waals surface area (Å²) in [4.78, 5) is 36.8. The predicted octanol–water partition coefficient (Wildman–Crippen LogP) is 3.15. The molecular weight excluding hydrogens is 384 g/mol. The van der Waals surface area contributed by atoms with Crippen LogP contribution in [0.15, 0.2) is 46.2 Å². The molecule has 0 fully saturated rings. The molecule has 0 amide bonds. The van der Waals surface area contributed by atoms with Crippen LogP contribution in [0.1, 0.15) is 41.0 Å². The number of hydrogen-bond acceptors (Lipinski definition) is 6. The lowest BCUT2D eigenvalue weighted by molar-refractivity contribution is -0.178. The van der Waals surface area contributed by atoms with Crippen molar-refractivity contribution in [2.24, 2.45) is 5.92 Å². The fraction of sp³-hybridized carbons (Fsp3) is 0.476. The van der Waals surface area contributed by atoms with Gasteiger partial charge in [0.1, 0.15) is 12.4 Å². The summed E-state index contributed by atoms with van der Waals surface area (Å²) >= 11 is 6.17. The maximum Gasteiger partial charge on any atom is 0.304 e. The SMILES string of the molecule is CC[C@H](C)/C=C(C)/C=C/C1=CC2=C(Cl)C(=O)[C@@](C)(OC(C)=O)C(=O)[C@@]2(O)CO1. The molecule has 2 rings (SSSR count). The van der Waals surface area contributed by atoms with Crippen LogP contribution in [0.5, 0.6) is 0 Å². The fourth-order valence-electron chi connectivity index (χ4n) is 3.14. The lowest BCUT2D eigenvalue weighted by atomic mass is 9.72. The Labute approximate surface area is 169 Å². The highest BCUT2D eigenvalue weighted by molar-refractivity contribution is 6.48. The summed E-state index contributed by atoms with van der Waals surface area (Å²) in [5.74, 6) is -1.90. The zero-order valence-corrected chi connectivity index (χ0v) is 17.4. The average Bonchev–Trinajstić information content (AvgIpc) is 2.63. The Balaban J connectivity index is 2.43. The van der Waals surface area contributed by atoms with Gasteiger partial charge in [0.15, 0.2) is 5.60 Å². The number of carbonyl (C=O) groups excluding carboxylic acids is 3. The Hall–Kier alpha value is -2.18. The van der Waals surface area contributed by atoms with Gasteiger partial charge in [0, 0.05) is 12.5 Å². The highest BCUT2D eigenvalue weighted by Gasteiger charge is 2.61. The number of esters is 1. The monoisotopic (exact) mass is 408 g/mol. The molecule has 0 aromatic heterocycles. The molecule has 2 aliphatic rings. The summed E-state index contributed by atoms with van der Waals surface area (Å²) < 4.78 is 10.4. The molecule has 0 radical (unpaired) electrons. The van der Waals surface area contributed by atoms with Gasteiger partial charge >= 0.3 is 5.97 Å². The molecular formula is C21H25ClO6. The Kier molecular flexibility index (Phi) is 6.36. The number of carbonyl (C=O) groups is 3. The van der Waals surface area contributed by atoms with Gasteiger partial charge in [-0.2, -0.15) is 0 Å². The molecule has 0 bridgehead atoms. The van der Waals surface area contributed by atoms with Crippen LogP contribution in [0, 0.1) is 5.92 Å². The molecule has 7 heteroatoms. The number of fused-ring (bicyclic) bond motifs is 1. The third-order valence-corrected chi connectivity index (χ3v) is 5.28. The molecule has 0 aromatic carbocycles. The van der Waals surface area contributed by atoms with E-state index in [2.05, 4.69) is 19.9 Å². The Bertz CT molecular complexity index is 834.